The van der Waals surface area contributed by atoms with Gasteiger partial charge in [-0.15, -0.1) is 11.3 Å². The summed E-state index contributed by atoms with van der Waals surface area (Å²) >= 11 is 1.44. The fourth-order valence-corrected chi connectivity index (χ4v) is 4.72. The van der Waals surface area contributed by atoms with Crippen LogP contribution in [0.15, 0.2) is 77.0 Å². The third-order valence-electron chi connectivity index (χ3n) is 4.98. The molecule has 3 rings (SSSR count). The molecule has 0 bridgehead atoms. The second-order valence-electron chi connectivity index (χ2n) is 7.10. The molecule has 0 aliphatic carbocycles. The van der Waals surface area contributed by atoms with Crippen LogP contribution in [0.1, 0.15) is 33.8 Å². The molecule has 0 radical (unpaired) electrons. The van der Waals surface area contributed by atoms with E-state index >= 15 is 0 Å². The molecule has 3 aromatic rings. The van der Waals surface area contributed by atoms with Gasteiger partial charge in [0.2, 0.25) is 10.0 Å². The van der Waals surface area contributed by atoms with Crippen LogP contribution < -0.4 is 4.72 Å². The molecule has 1 aromatic heterocycles. The molecule has 1 heterocycles. The van der Waals surface area contributed by atoms with E-state index < -0.39 is 22.6 Å². The lowest BCUT2D eigenvalue weighted by Crippen LogP contribution is -2.33. The maximum atomic E-state index is 12.5. The minimum absolute atomic E-state index is 0.0512. The number of rotatable bonds is 9. The topological polar surface area (TPSA) is 92.8 Å². The lowest BCUT2D eigenvalue weighted by Gasteiger charge is -2.25. The summed E-state index contributed by atoms with van der Waals surface area (Å²) in [6.45, 7) is 1.60. The highest BCUT2D eigenvalue weighted by atomic mass is 32.2. The van der Waals surface area contributed by atoms with E-state index in [-0.39, 0.29) is 29.0 Å². The zero-order valence-electron chi connectivity index (χ0n) is 17.7. The first-order chi connectivity index (χ1) is 15.3. The van der Waals surface area contributed by atoms with Crippen molar-refractivity contribution in [3.63, 3.8) is 0 Å². The Morgan fingerprint density at radius 1 is 1.06 bits per heavy atom. The Bertz CT molecular complexity index is 1160. The molecule has 0 fully saturated rings. The van der Waals surface area contributed by atoms with Crippen LogP contribution in [0, 0.1) is 0 Å². The van der Waals surface area contributed by atoms with Crippen molar-refractivity contribution in [1.29, 1.82) is 0 Å². The molecule has 168 valence electrons. The van der Waals surface area contributed by atoms with Crippen LogP contribution in [0.3, 0.4) is 0 Å². The number of likely N-dealkylation sites (N-methyl/N-ethyl adjacent to an activating group) is 1. The van der Waals surface area contributed by atoms with Crippen LogP contribution in [0.4, 0.5) is 0 Å². The molecule has 0 spiro atoms. The zero-order valence-corrected chi connectivity index (χ0v) is 19.4. The number of carbonyl (C=O) groups is 2. The van der Waals surface area contributed by atoms with Crippen LogP contribution in [0.2, 0.25) is 0 Å². The molecule has 1 atom stereocenters. The molecular formula is C23H24N2O5S2. The summed E-state index contributed by atoms with van der Waals surface area (Å²) in [5.41, 5.74) is 1.01. The Labute approximate surface area is 191 Å². The van der Waals surface area contributed by atoms with E-state index in [9.17, 15) is 18.0 Å². The summed E-state index contributed by atoms with van der Waals surface area (Å²) < 4.78 is 32.7. The quantitative estimate of drug-likeness (QED) is 0.481. The molecule has 1 amide bonds. The smallest absolute Gasteiger partial charge is 0.338 e. The number of benzene rings is 2. The van der Waals surface area contributed by atoms with Gasteiger partial charge in [-0.1, -0.05) is 42.5 Å². The van der Waals surface area contributed by atoms with Crippen molar-refractivity contribution in [2.24, 2.45) is 0 Å². The number of ether oxygens (including phenoxy) is 1. The molecule has 0 saturated heterocycles. The first kappa shape index (κ1) is 23.6. The molecule has 9 heteroatoms. The van der Waals surface area contributed by atoms with Gasteiger partial charge >= 0.3 is 5.97 Å². The molecule has 1 unspecified atom stereocenters. The summed E-state index contributed by atoms with van der Waals surface area (Å²) in [5, 5.41) is 1.86. The van der Waals surface area contributed by atoms with Crippen molar-refractivity contribution in [3.05, 3.63) is 88.1 Å². The number of amides is 1. The van der Waals surface area contributed by atoms with Crippen molar-refractivity contribution in [3.8, 4) is 0 Å². The first-order valence-corrected chi connectivity index (χ1v) is 12.2. The van der Waals surface area contributed by atoms with Crippen LogP contribution in [0.5, 0.6) is 0 Å². The van der Waals surface area contributed by atoms with Crippen LogP contribution in [-0.2, 0) is 26.1 Å². The van der Waals surface area contributed by atoms with Gasteiger partial charge in [-0.25, -0.2) is 17.9 Å². The molecule has 32 heavy (non-hydrogen) atoms. The Balaban J connectivity index is 1.60. The van der Waals surface area contributed by atoms with Crippen molar-refractivity contribution in [1.82, 2.24) is 9.62 Å². The van der Waals surface area contributed by atoms with E-state index in [1.807, 2.05) is 54.8 Å². The number of thiophene rings is 1. The van der Waals surface area contributed by atoms with Gasteiger partial charge in [-0.2, -0.15) is 0 Å². The van der Waals surface area contributed by atoms with Crippen molar-refractivity contribution < 1.29 is 22.7 Å². The van der Waals surface area contributed by atoms with E-state index in [4.69, 9.17) is 4.74 Å². The number of esters is 1. The fraction of sp³-hybridized carbons (Fsp3) is 0.217. The molecule has 0 saturated carbocycles. The normalized spacial score (nSPS) is 12.2. The number of hydrogen-bond acceptors (Lipinski definition) is 6. The average Bonchev–Trinajstić information content (AvgIpc) is 3.34. The predicted molar refractivity (Wildman–Crippen MR) is 123 cm³/mol. The minimum atomic E-state index is -3.81. The lowest BCUT2D eigenvalue weighted by molar-refractivity contribution is -0.135. The number of nitrogens with zero attached hydrogens (tertiary/aromatic N) is 1. The number of nitrogens with one attached hydrogen (secondary N) is 1. The van der Waals surface area contributed by atoms with E-state index in [0.29, 0.717) is 0 Å². The third-order valence-corrected chi connectivity index (χ3v) is 7.25. The monoisotopic (exact) mass is 472 g/mol. The van der Waals surface area contributed by atoms with E-state index in [0.717, 1.165) is 10.4 Å². The minimum Gasteiger partial charge on any atom is -0.452 e. The maximum Gasteiger partial charge on any atom is 0.338 e. The van der Waals surface area contributed by atoms with Gasteiger partial charge in [0.05, 0.1) is 16.5 Å². The zero-order chi connectivity index (χ0) is 23.1. The summed E-state index contributed by atoms with van der Waals surface area (Å²) in [6, 6.07) is 18.5. The summed E-state index contributed by atoms with van der Waals surface area (Å²) in [4.78, 5) is 27.2. The van der Waals surface area contributed by atoms with Gasteiger partial charge in [-0.3, -0.25) is 4.79 Å². The van der Waals surface area contributed by atoms with Crippen molar-refractivity contribution in [2.45, 2.75) is 24.4 Å². The Morgan fingerprint density at radius 2 is 1.81 bits per heavy atom. The Kier molecular flexibility index (Phi) is 7.79. The number of sulfonamides is 1. The van der Waals surface area contributed by atoms with Gasteiger partial charge in [0.25, 0.3) is 5.91 Å². The summed E-state index contributed by atoms with van der Waals surface area (Å²) in [7, 11) is -2.17. The highest BCUT2D eigenvalue weighted by molar-refractivity contribution is 7.89. The molecular weight excluding hydrogens is 448 g/mol. The van der Waals surface area contributed by atoms with Gasteiger partial charge in [0, 0.05) is 18.5 Å². The second kappa shape index (κ2) is 10.5. The average molecular weight is 473 g/mol. The van der Waals surface area contributed by atoms with Gasteiger partial charge < -0.3 is 9.64 Å². The van der Waals surface area contributed by atoms with Crippen LogP contribution >= 0.6 is 11.3 Å². The largest absolute Gasteiger partial charge is 0.452 e. The lowest BCUT2D eigenvalue weighted by atomic mass is 10.1. The maximum absolute atomic E-state index is 12.5. The fourth-order valence-electron chi connectivity index (χ4n) is 2.94. The van der Waals surface area contributed by atoms with Crippen LogP contribution in [-0.4, -0.2) is 38.8 Å². The molecule has 0 aliphatic heterocycles. The summed E-state index contributed by atoms with van der Waals surface area (Å²) in [5.74, 6) is -1.13. The third kappa shape index (κ3) is 6.03. The standard InChI is InChI=1S/C23H24N2O5S2/c1-17(18-8-4-3-5-9-18)25(2)22(26)16-30-23(27)19-10-6-12-21(14-19)32(28,29)24-15-20-11-7-13-31-20/h3-14,17,24H,15-16H2,1-2H3. The van der Waals surface area contributed by atoms with Gasteiger partial charge in [0.1, 0.15) is 0 Å². The van der Waals surface area contributed by atoms with E-state index in [1.54, 1.807) is 7.05 Å². The molecule has 7 nitrogen and oxygen atoms in total. The SMILES string of the molecule is CC(c1ccccc1)N(C)C(=O)COC(=O)c1cccc(S(=O)(=O)NCc2cccs2)c1. The molecule has 0 aliphatic rings. The van der Waals surface area contributed by atoms with Crippen molar-refractivity contribution in [2.75, 3.05) is 13.7 Å². The van der Waals surface area contributed by atoms with Gasteiger partial charge in [-0.05, 0) is 42.1 Å². The van der Waals surface area contributed by atoms with E-state index in [2.05, 4.69) is 4.72 Å². The second-order valence-corrected chi connectivity index (χ2v) is 9.90. The number of carbonyl (C=O) groups excluding carboxylic acids is 2. The van der Waals surface area contributed by atoms with Crippen molar-refractivity contribution >= 4 is 33.2 Å². The first-order valence-electron chi connectivity index (χ1n) is 9.88. The molecule has 2 aromatic carbocycles. The summed E-state index contributed by atoms with van der Waals surface area (Å²) in [6.07, 6.45) is 0. The Morgan fingerprint density at radius 3 is 2.50 bits per heavy atom. The van der Waals surface area contributed by atoms with E-state index in [1.165, 1.54) is 40.5 Å². The van der Waals surface area contributed by atoms with Crippen LogP contribution in [0.25, 0.3) is 0 Å². The predicted octanol–water partition coefficient (Wildman–Crippen LogP) is 3.60. The highest BCUT2D eigenvalue weighted by Crippen LogP contribution is 2.19. The van der Waals surface area contributed by atoms with Gasteiger partial charge in [0.15, 0.2) is 6.61 Å². The number of hydrogen-bond donors (Lipinski definition) is 1. The molecule has 1 N–H and O–H groups in total. The highest BCUT2D eigenvalue weighted by Gasteiger charge is 2.20. The Hall–Kier alpha value is -3.01.